The van der Waals surface area contributed by atoms with Gasteiger partial charge in [-0.1, -0.05) is 0 Å². The number of aliphatic hydroxyl groups excluding tert-OH is 1. The topological polar surface area (TPSA) is 80.6 Å². The van der Waals surface area contributed by atoms with Crippen molar-refractivity contribution < 1.29 is 14.6 Å². The van der Waals surface area contributed by atoms with E-state index in [1.807, 2.05) is 18.7 Å². The summed E-state index contributed by atoms with van der Waals surface area (Å²) in [5, 5.41) is 9.36. The average Bonchev–Trinajstić information content (AvgIpc) is 2.36. The Morgan fingerprint density at radius 2 is 2.21 bits per heavy atom. The fraction of sp³-hybridized carbons (Fsp3) is 0.727. The third-order valence-corrected chi connectivity index (χ3v) is 2.90. The molecule has 1 unspecified atom stereocenters. The molecule has 1 aromatic rings. The van der Waals surface area contributed by atoms with Gasteiger partial charge in [0.25, 0.3) is 0 Å². The number of nitrogens with zero attached hydrogens (tertiary/aromatic N) is 4. The van der Waals surface area contributed by atoms with Crippen molar-refractivity contribution in [2.45, 2.75) is 25.6 Å². The lowest BCUT2D eigenvalue weighted by atomic mass is 10.1. The van der Waals surface area contributed by atoms with E-state index in [9.17, 15) is 5.11 Å². The minimum atomic E-state index is -0.405. The van der Waals surface area contributed by atoms with Crippen LogP contribution in [0.15, 0.2) is 0 Å². The van der Waals surface area contributed by atoms with Crippen molar-refractivity contribution in [2.24, 2.45) is 0 Å². The predicted octanol–water partition coefficient (Wildman–Crippen LogP) is 0.510. The lowest BCUT2D eigenvalue weighted by Crippen LogP contribution is -2.54. The van der Waals surface area contributed by atoms with Gasteiger partial charge in [-0.15, -0.1) is 0 Å². The first-order chi connectivity index (χ1) is 8.93. The maximum Gasteiger partial charge on any atom is 0.322 e. The van der Waals surface area contributed by atoms with E-state index in [1.54, 1.807) is 0 Å². The minimum absolute atomic E-state index is 0.0596. The van der Waals surface area contributed by atoms with Crippen molar-refractivity contribution in [1.29, 1.82) is 0 Å². The van der Waals surface area contributed by atoms with Gasteiger partial charge in [-0.2, -0.15) is 15.0 Å². The van der Waals surface area contributed by atoms with Crippen LogP contribution in [0.3, 0.4) is 0 Å². The van der Waals surface area contributed by atoms with Crippen molar-refractivity contribution >= 4 is 17.5 Å². The van der Waals surface area contributed by atoms with Crippen molar-refractivity contribution in [3.8, 4) is 6.01 Å². The second-order valence-electron chi connectivity index (χ2n) is 4.95. The normalized spacial score (nSPS) is 22.4. The Kier molecular flexibility index (Phi) is 4.07. The summed E-state index contributed by atoms with van der Waals surface area (Å²) in [5.41, 5.74) is -0.405. The summed E-state index contributed by atoms with van der Waals surface area (Å²) in [4.78, 5) is 14.0. The quantitative estimate of drug-likeness (QED) is 0.868. The summed E-state index contributed by atoms with van der Waals surface area (Å²) in [6, 6.07) is 0.167. The van der Waals surface area contributed by atoms with Gasteiger partial charge in [0.15, 0.2) is 0 Å². The third-order valence-electron chi connectivity index (χ3n) is 2.73. The molecule has 1 aliphatic heterocycles. The summed E-state index contributed by atoms with van der Waals surface area (Å²) in [7, 11) is 1.47. The standard InChI is InChI=1S/C11H17ClN4O3/c1-11(2)6-16(4-7(5-17)19-11)9-13-8(12)14-10(15-9)18-3/h7,17H,4-6H2,1-3H3. The van der Waals surface area contributed by atoms with Crippen LogP contribution >= 0.6 is 11.6 Å². The van der Waals surface area contributed by atoms with E-state index >= 15 is 0 Å². The zero-order chi connectivity index (χ0) is 14.0. The van der Waals surface area contributed by atoms with Crippen molar-refractivity contribution in [2.75, 3.05) is 31.7 Å². The molecule has 0 aromatic carbocycles. The van der Waals surface area contributed by atoms with Crippen LogP contribution in [0.5, 0.6) is 6.01 Å². The number of methoxy groups -OCH3 is 1. The summed E-state index contributed by atoms with van der Waals surface area (Å²) >= 11 is 5.84. The zero-order valence-corrected chi connectivity index (χ0v) is 11.9. The first-order valence-corrected chi connectivity index (χ1v) is 6.30. The first kappa shape index (κ1) is 14.2. The van der Waals surface area contributed by atoms with Crippen LogP contribution in [0.4, 0.5) is 5.95 Å². The molecule has 1 fully saturated rings. The molecule has 1 aliphatic rings. The molecule has 0 radical (unpaired) electrons. The second kappa shape index (κ2) is 5.44. The Morgan fingerprint density at radius 3 is 2.84 bits per heavy atom. The van der Waals surface area contributed by atoms with E-state index in [0.717, 1.165) is 0 Å². The summed E-state index contributed by atoms with van der Waals surface area (Å²) in [5.74, 6) is 0.423. The van der Waals surface area contributed by atoms with Gasteiger partial charge < -0.3 is 19.5 Å². The Hall–Kier alpha value is -1.18. The van der Waals surface area contributed by atoms with E-state index in [0.29, 0.717) is 19.0 Å². The number of hydrogen-bond donors (Lipinski definition) is 1. The highest BCUT2D eigenvalue weighted by Gasteiger charge is 2.34. The highest BCUT2D eigenvalue weighted by molar-refractivity contribution is 6.28. The number of aromatic nitrogens is 3. The smallest absolute Gasteiger partial charge is 0.322 e. The maximum absolute atomic E-state index is 9.29. The molecule has 7 nitrogen and oxygen atoms in total. The van der Waals surface area contributed by atoms with Gasteiger partial charge in [-0.05, 0) is 25.4 Å². The predicted molar refractivity (Wildman–Crippen MR) is 69.6 cm³/mol. The van der Waals surface area contributed by atoms with Crippen LogP contribution in [0.25, 0.3) is 0 Å². The number of halogens is 1. The van der Waals surface area contributed by atoms with Crippen LogP contribution in [-0.4, -0.2) is 58.6 Å². The van der Waals surface area contributed by atoms with Crippen LogP contribution < -0.4 is 9.64 Å². The molecule has 0 saturated carbocycles. The largest absolute Gasteiger partial charge is 0.467 e. The van der Waals surface area contributed by atoms with Crippen LogP contribution in [0, 0.1) is 0 Å². The van der Waals surface area contributed by atoms with Gasteiger partial charge in [-0.25, -0.2) is 0 Å². The highest BCUT2D eigenvalue weighted by atomic mass is 35.5. The molecule has 19 heavy (non-hydrogen) atoms. The van der Waals surface area contributed by atoms with E-state index in [2.05, 4.69) is 15.0 Å². The molecule has 0 bridgehead atoms. The average molecular weight is 289 g/mol. The monoisotopic (exact) mass is 288 g/mol. The van der Waals surface area contributed by atoms with Crippen LogP contribution in [-0.2, 0) is 4.74 Å². The first-order valence-electron chi connectivity index (χ1n) is 5.93. The van der Waals surface area contributed by atoms with E-state index in [-0.39, 0.29) is 24.0 Å². The number of anilines is 1. The van der Waals surface area contributed by atoms with Gasteiger partial charge in [0.05, 0.1) is 25.4 Å². The summed E-state index contributed by atoms with van der Waals surface area (Å²) in [6.07, 6.45) is -0.287. The molecular weight excluding hydrogens is 272 g/mol. The Labute approximate surface area is 116 Å². The Morgan fingerprint density at radius 1 is 1.47 bits per heavy atom. The van der Waals surface area contributed by atoms with Crippen molar-refractivity contribution in [1.82, 2.24) is 15.0 Å². The number of hydrogen-bond acceptors (Lipinski definition) is 7. The molecular formula is C11H17ClN4O3. The van der Waals surface area contributed by atoms with E-state index in [1.165, 1.54) is 7.11 Å². The number of morpholine rings is 1. The van der Waals surface area contributed by atoms with Gasteiger partial charge in [0.1, 0.15) is 0 Å². The van der Waals surface area contributed by atoms with Gasteiger partial charge in [-0.3, -0.25) is 0 Å². The molecule has 106 valence electrons. The number of aliphatic hydroxyl groups is 1. The molecule has 2 heterocycles. The molecule has 1 saturated heterocycles. The van der Waals surface area contributed by atoms with Crippen molar-refractivity contribution in [3.63, 3.8) is 0 Å². The molecule has 0 amide bonds. The maximum atomic E-state index is 9.29. The molecule has 8 heteroatoms. The summed E-state index contributed by atoms with van der Waals surface area (Å²) in [6.45, 7) is 4.91. The Bertz CT molecular complexity index is 458. The third kappa shape index (κ3) is 3.43. The SMILES string of the molecule is COc1nc(Cl)nc(N2CC(CO)OC(C)(C)C2)n1. The second-order valence-corrected chi connectivity index (χ2v) is 5.29. The lowest BCUT2D eigenvalue weighted by molar-refractivity contribution is -0.101. The minimum Gasteiger partial charge on any atom is -0.467 e. The molecule has 1 N–H and O–H groups in total. The number of ether oxygens (including phenoxy) is 2. The molecule has 0 aliphatic carbocycles. The van der Waals surface area contributed by atoms with E-state index in [4.69, 9.17) is 21.1 Å². The zero-order valence-electron chi connectivity index (χ0n) is 11.1. The molecule has 1 atom stereocenters. The highest BCUT2D eigenvalue weighted by Crippen LogP contribution is 2.25. The molecule has 2 rings (SSSR count). The lowest BCUT2D eigenvalue weighted by Gasteiger charge is -2.42. The van der Waals surface area contributed by atoms with Crippen LogP contribution in [0.2, 0.25) is 5.28 Å². The van der Waals surface area contributed by atoms with Gasteiger partial charge in [0, 0.05) is 13.1 Å². The Balaban J connectivity index is 2.27. The van der Waals surface area contributed by atoms with Crippen molar-refractivity contribution in [3.05, 3.63) is 5.28 Å². The van der Waals surface area contributed by atoms with E-state index < -0.39 is 5.60 Å². The number of rotatable bonds is 3. The fourth-order valence-electron chi connectivity index (χ4n) is 2.10. The molecule has 0 spiro atoms. The van der Waals surface area contributed by atoms with Gasteiger partial charge in [0.2, 0.25) is 11.2 Å². The molecule has 1 aromatic heterocycles. The van der Waals surface area contributed by atoms with Gasteiger partial charge >= 0.3 is 6.01 Å². The summed E-state index contributed by atoms with van der Waals surface area (Å²) < 4.78 is 10.7. The van der Waals surface area contributed by atoms with Crippen LogP contribution in [0.1, 0.15) is 13.8 Å². The fourth-order valence-corrected chi connectivity index (χ4v) is 2.25.